The van der Waals surface area contributed by atoms with Crippen molar-refractivity contribution >= 4 is 39.5 Å². The molecule has 0 aromatic heterocycles. The van der Waals surface area contributed by atoms with Gasteiger partial charge in [0.15, 0.2) is 12.2 Å². The summed E-state index contributed by atoms with van der Waals surface area (Å²) < 4.78 is 68.4. The molecular formula is C77H140O17P2. The van der Waals surface area contributed by atoms with Gasteiger partial charge in [-0.05, 0) is 135 Å². The van der Waals surface area contributed by atoms with Gasteiger partial charge in [0.2, 0.25) is 0 Å². The largest absolute Gasteiger partial charge is 0.472 e. The SMILES string of the molecule is CCCCC/C=C\C/C=C\CCCCCCCC(=O)OC[C@H](COP(=O)(O)OC[C@@H](O)COP(=O)(O)OC[C@@H](COC(=O)CCCCCCC/C=C\CCCCCC)OC(=O)CCCCCCC/C=C\CCCCCC)OC(=O)CCCCCCC/C=C\CCCCCCCC. The topological polar surface area (TPSA) is 237 Å². The molecule has 560 valence electrons. The third-order valence-corrected chi connectivity index (χ3v) is 18.3. The van der Waals surface area contributed by atoms with Crippen molar-refractivity contribution in [1.29, 1.82) is 0 Å². The predicted octanol–water partition coefficient (Wildman–Crippen LogP) is 21.9. The number of aliphatic hydroxyl groups is 1. The van der Waals surface area contributed by atoms with Crippen molar-refractivity contribution in [2.45, 2.75) is 367 Å². The van der Waals surface area contributed by atoms with E-state index < -0.39 is 97.5 Å². The van der Waals surface area contributed by atoms with Crippen LogP contribution in [0.25, 0.3) is 0 Å². The zero-order chi connectivity index (χ0) is 70.4. The molecule has 96 heavy (non-hydrogen) atoms. The Hall–Kier alpha value is -3.24. The lowest BCUT2D eigenvalue weighted by molar-refractivity contribution is -0.161. The minimum Gasteiger partial charge on any atom is -0.462 e. The van der Waals surface area contributed by atoms with Crippen LogP contribution in [0.1, 0.15) is 349 Å². The van der Waals surface area contributed by atoms with Gasteiger partial charge in [0.25, 0.3) is 0 Å². The van der Waals surface area contributed by atoms with Crippen LogP contribution < -0.4 is 0 Å². The maximum Gasteiger partial charge on any atom is 0.472 e. The molecule has 19 heteroatoms. The van der Waals surface area contributed by atoms with Crippen molar-refractivity contribution in [2.75, 3.05) is 39.6 Å². The number of phosphoric acid groups is 2. The number of ether oxygens (including phenoxy) is 4. The Morgan fingerprint density at radius 2 is 0.510 bits per heavy atom. The Bertz CT molecular complexity index is 2060. The first-order valence-electron chi connectivity index (χ1n) is 38.5. The first-order valence-corrected chi connectivity index (χ1v) is 41.5. The molecule has 0 saturated carbocycles. The second kappa shape index (κ2) is 70.2. The highest BCUT2D eigenvalue weighted by Crippen LogP contribution is 2.45. The maximum atomic E-state index is 13.1. The van der Waals surface area contributed by atoms with Crippen LogP contribution in [0.4, 0.5) is 0 Å². The zero-order valence-electron chi connectivity index (χ0n) is 61.1. The summed E-state index contributed by atoms with van der Waals surface area (Å²) in [6.07, 6.45) is 67.7. The van der Waals surface area contributed by atoms with Crippen LogP contribution in [0.2, 0.25) is 0 Å². The Kier molecular flexibility index (Phi) is 67.8. The van der Waals surface area contributed by atoms with Crippen LogP contribution in [0.5, 0.6) is 0 Å². The number of phosphoric ester groups is 2. The molecule has 0 bridgehead atoms. The third-order valence-electron chi connectivity index (χ3n) is 16.4. The number of aliphatic hydroxyl groups excluding tert-OH is 1. The summed E-state index contributed by atoms with van der Waals surface area (Å²) in [5, 5.41) is 10.6. The minimum atomic E-state index is -4.97. The molecule has 17 nitrogen and oxygen atoms in total. The molecule has 0 aromatic carbocycles. The molecule has 0 fully saturated rings. The molecule has 2 unspecified atom stereocenters. The van der Waals surface area contributed by atoms with Gasteiger partial charge in [0.1, 0.15) is 19.3 Å². The highest BCUT2D eigenvalue weighted by atomic mass is 31.2. The van der Waals surface area contributed by atoms with Crippen molar-refractivity contribution in [1.82, 2.24) is 0 Å². The van der Waals surface area contributed by atoms with E-state index in [0.717, 1.165) is 161 Å². The van der Waals surface area contributed by atoms with E-state index in [-0.39, 0.29) is 25.7 Å². The van der Waals surface area contributed by atoms with Crippen molar-refractivity contribution < 1.29 is 80.2 Å². The van der Waals surface area contributed by atoms with Crippen molar-refractivity contribution in [3.05, 3.63) is 60.8 Å². The molecule has 0 aromatic rings. The van der Waals surface area contributed by atoms with Gasteiger partial charge in [0.05, 0.1) is 26.4 Å². The van der Waals surface area contributed by atoms with Crippen LogP contribution in [-0.4, -0.2) is 96.7 Å². The first kappa shape index (κ1) is 92.8. The summed E-state index contributed by atoms with van der Waals surface area (Å²) >= 11 is 0. The monoisotopic (exact) mass is 1400 g/mol. The minimum absolute atomic E-state index is 0.0854. The Morgan fingerprint density at radius 1 is 0.292 bits per heavy atom. The average Bonchev–Trinajstić information content (AvgIpc) is 1.36. The van der Waals surface area contributed by atoms with Gasteiger partial charge >= 0.3 is 39.5 Å². The number of hydrogen-bond donors (Lipinski definition) is 3. The van der Waals surface area contributed by atoms with Gasteiger partial charge in [-0.3, -0.25) is 37.3 Å². The number of rotatable bonds is 73. The first-order chi connectivity index (χ1) is 46.7. The van der Waals surface area contributed by atoms with Crippen molar-refractivity contribution in [3.8, 4) is 0 Å². The molecule has 0 spiro atoms. The third kappa shape index (κ3) is 69.2. The molecule has 0 aliphatic rings. The van der Waals surface area contributed by atoms with Gasteiger partial charge in [-0.15, -0.1) is 0 Å². The highest BCUT2D eigenvalue weighted by Gasteiger charge is 2.30. The maximum absolute atomic E-state index is 13.1. The second-order valence-corrected chi connectivity index (χ2v) is 28.8. The molecule has 5 atom stereocenters. The van der Waals surface area contributed by atoms with E-state index in [2.05, 4.69) is 88.5 Å². The van der Waals surface area contributed by atoms with Gasteiger partial charge in [-0.25, -0.2) is 9.13 Å². The van der Waals surface area contributed by atoms with Crippen molar-refractivity contribution in [2.24, 2.45) is 0 Å². The molecule has 0 rings (SSSR count). The summed E-state index contributed by atoms with van der Waals surface area (Å²) in [5.74, 6) is -2.19. The fraction of sp³-hybridized carbons (Fsp3) is 0.818. The van der Waals surface area contributed by atoms with E-state index in [1.54, 1.807) is 0 Å². The lowest BCUT2D eigenvalue weighted by Crippen LogP contribution is -2.30. The number of carbonyl (C=O) groups is 4. The summed E-state index contributed by atoms with van der Waals surface area (Å²) in [6, 6.07) is 0. The number of esters is 4. The quantitative estimate of drug-likeness (QED) is 0.0169. The standard InChI is InChI=1S/C77H140O17P2/c1-5-9-13-17-21-25-29-33-35-39-42-46-50-54-58-62-75(80)88-68-73(94-77(82)64-60-56-52-48-44-40-36-34-30-26-22-18-14-10-6-2)70-92-96(85,86)90-66-71(78)65-89-95(83,84)91-69-72(93-76(81)63-59-55-51-47-43-38-32-28-24-20-16-12-8-4)67-87-74(79)61-57-53-49-45-41-37-31-27-23-19-15-11-7-3/h21,25,27-28,31-36,71-73,78H,5-20,22-24,26,29-30,37-70H2,1-4H3,(H,83,84)(H,85,86)/b25-21-,31-27-,32-28-,35-33-,36-34-/t71-,72+,73+/m0/s1. The molecule has 0 aliphatic carbocycles. The van der Waals surface area contributed by atoms with E-state index >= 15 is 0 Å². The van der Waals surface area contributed by atoms with Crippen LogP contribution in [0.3, 0.4) is 0 Å². The molecule has 0 amide bonds. The number of carbonyl (C=O) groups excluding carboxylic acids is 4. The Balaban J connectivity index is 5.34. The van der Waals surface area contributed by atoms with Crippen LogP contribution in [0.15, 0.2) is 60.8 Å². The average molecular weight is 1400 g/mol. The van der Waals surface area contributed by atoms with Gasteiger partial charge in [-0.1, -0.05) is 249 Å². The van der Waals surface area contributed by atoms with Crippen molar-refractivity contribution in [3.63, 3.8) is 0 Å². The van der Waals surface area contributed by atoms with Gasteiger partial charge in [-0.2, -0.15) is 0 Å². The number of allylic oxidation sites excluding steroid dienone is 10. The molecule has 0 heterocycles. The second-order valence-electron chi connectivity index (χ2n) is 25.9. The number of unbranched alkanes of at least 4 members (excludes halogenated alkanes) is 37. The van der Waals surface area contributed by atoms with Crippen LogP contribution in [0, 0.1) is 0 Å². The van der Waals surface area contributed by atoms with Gasteiger partial charge in [0, 0.05) is 25.7 Å². The summed E-state index contributed by atoms with van der Waals surface area (Å²) in [7, 11) is -9.94. The van der Waals surface area contributed by atoms with Crippen LogP contribution >= 0.6 is 15.6 Å². The summed E-state index contributed by atoms with van der Waals surface area (Å²) in [5.41, 5.74) is 0. The smallest absolute Gasteiger partial charge is 0.462 e. The summed E-state index contributed by atoms with van der Waals surface area (Å²) in [6.45, 7) is 4.81. The molecule has 0 aliphatic heterocycles. The lowest BCUT2D eigenvalue weighted by Gasteiger charge is -2.21. The normalized spacial score (nSPS) is 14.3. The predicted molar refractivity (Wildman–Crippen MR) is 390 cm³/mol. The molecule has 3 N–H and O–H groups in total. The van der Waals surface area contributed by atoms with Crippen LogP contribution in [-0.2, 0) is 65.4 Å². The van der Waals surface area contributed by atoms with Gasteiger partial charge < -0.3 is 33.8 Å². The highest BCUT2D eigenvalue weighted by molar-refractivity contribution is 7.47. The Morgan fingerprint density at radius 3 is 0.812 bits per heavy atom. The van der Waals surface area contributed by atoms with E-state index in [0.29, 0.717) is 25.7 Å². The zero-order valence-corrected chi connectivity index (χ0v) is 62.8. The fourth-order valence-electron chi connectivity index (χ4n) is 10.5. The number of hydrogen-bond acceptors (Lipinski definition) is 15. The summed E-state index contributed by atoms with van der Waals surface area (Å²) in [4.78, 5) is 72.8. The van der Waals surface area contributed by atoms with E-state index in [4.69, 9.17) is 37.0 Å². The fourth-order valence-corrected chi connectivity index (χ4v) is 12.0. The van der Waals surface area contributed by atoms with E-state index in [1.807, 2.05) is 0 Å². The molecule has 0 saturated heterocycles. The lowest BCUT2D eigenvalue weighted by atomic mass is 10.1. The van der Waals surface area contributed by atoms with E-state index in [1.165, 1.54) is 109 Å². The van der Waals surface area contributed by atoms with E-state index in [9.17, 15) is 43.2 Å². The Labute approximate surface area is 584 Å². The molecular weight excluding hydrogens is 1260 g/mol. The molecule has 0 radical (unpaired) electrons.